The molecule has 2 rings (SSSR count). The number of urea groups is 1. The lowest BCUT2D eigenvalue weighted by molar-refractivity contribution is 0.0954. The molecule has 6 nitrogen and oxygen atoms in total. The van der Waals surface area contributed by atoms with Crippen molar-refractivity contribution in [2.24, 2.45) is 0 Å². The van der Waals surface area contributed by atoms with Crippen molar-refractivity contribution in [2.45, 2.75) is 32.0 Å². The van der Waals surface area contributed by atoms with Gasteiger partial charge in [0.25, 0.3) is 5.91 Å². The molecular weight excluding hydrogens is 335 g/mol. The van der Waals surface area contributed by atoms with Crippen LogP contribution in [-0.2, 0) is 0 Å². The van der Waals surface area contributed by atoms with Gasteiger partial charge < -0.3 is 21.3 Å². The second kappa shape index (κ2) is 8.84. The maximum atomic E-state index is 13.1. The third kappa shape index (κ3) is 5.35. The zero-order chi connectivity index (χ0) is 17.5. The highest BCUT2D eigenvalue weighted by Crippen LogP contribution is 2.20. The lowest BCUT2D eigenvalue weighted by Gasteiger charge is -2.13. The van der Waals surface area contributed by atoms with Crippen molar-refractivity contribution >= 4 is 29.2 Å². The second-order valence-electron chi connectivity index (χ2n) is 5.72. The summed E-state index contributed by atoms with van der Waals surface area (Å²) in [5, 5.41) is 11.4. The molecule has 1 aromatic rings. The van der Waals surface area contributed by atoms with E-state index in [0.29, 0.717) is 42.3 Å². The fourth-order valence-electron chi connectivity index (χ4n) is 2.43. The molecule has 0 radical (unpaired) electrons. The van der Waals surface area contributed by atoms with Crippen LogP contribution in [-0.4, -0.2) is 43.8 Å². The minimum Gasteiger partial charge on any atom is -0.352 e. The number of halogens is 2. The zero-order valence-corrected chi connectivity index (χ0v) is 14.3. The van der Waals surface area contributed by atoms with Gasteiger partial charge in [0.2, 0.25) is 0 Å². The molecular formula is C16H22ClFN4O2. The Morgan fingerprint density at radius 3 is 2.83 bits per heavy atom. The maximum Gasteiger partial charge on any atom is 0.319 e. The third-order valence-electron chi connectivity index (χ3n) is 3.68. The van der Waals surface area contributed by atoms with Crippen molar-refractivity contribution in [2.75, 3.05) is 25.0 Å². The topological polar surface area (TPSA) is 82.3 Å². The maximum absolute atomic E-state index is 13.1. The van der Waals surface area contributed by atoms with Crippen molar-refractivity contribution in [3.05, 3.63) is 28.8 Å². The van der Waals surface area contributed by atoms with Crippen LogP contribution in [0.15, 0.2) is 18.2 Å². The van der Waals surface area contributed by atoms with E-state index in [1.54, 1.807) is 12.1 Å². The van der Waals surface area contributed by atoms with Gasteiger partial charge in [-0.15, -0.1) is 0 Å². The SMILES string of the molecule is CCCNC(=O)c1cc(NC(=O)NC[C@@H]2C[C@H](F)CN2)ccc1Cl. The molecule has 4 N–H and O–H groups in total. The van der Waals surface area contributed by atoms with Gasteiger partial charge in [-0.25, -0.2) is 9.18 Å². The van der Waals surface area contributed by atoms with Crippen LogP contribution in [0.4, 0.5) is 14.9 Å². The van der Waals surface area contributed by atoms with Gasteiger partial charge in [0.05, 0.1) is 10.6 Å². The Morgan fingerprint density at radius 1 is 1.38 bits per heavy atom. The summed E-state index contributed by atoms with van der Waals surface area (Å²) in [6.07, 6.45) is 0.349. The van der Waals surface area contributed by atoms with Crippen LogP contribution < -0.4 is 21.3 Å². The smallest absolute Gasteiger partial charge is 0.319 e. The molecule has 0 spiro atoms. The number of amides is 3. The zero-order valence-electron chi connectivity index (χ0n) is 13.5. The van der Waals surface area contributed by atoms with E-state index in [1.165, 1.54) is 6.07 Å². The van der Waals surface area contributed by atoms with Crippen LogP contribution in [0.5, 0.6) is 0 Å². The Labute approximate surface area is 145 Å². The first-order valence-corrected chi connectivity index (χ1v) is 8.37. The lowest BCUT2D eigenvalue weighted by atomic mass is 10.2. The van der Waals surface area contributed by atoms with Crippen LogP contribution in [0.2, 0.25) is 5.02 Å². The quantitative estimate of drug-likeness (QED) is 0.631. The Morgan fingerprint density at radius 2 is 2.17 bits per heavy atom. The normalized spacial score (nSPS) is 19.8. The first kappa shape index (κ1) is 18.5. The van der Waals surface area contributed by atoms with Gasteiger partial charge in [-0.1, -0.05) is 18.5 Å². The molecule has 2 atom stereocenters. The molecule has 0 aliphatic carbocycles. The van der Waals surface area contributed by atoms with Gasteiger partial charge in [0.15, 0.2) is 0 Å². The molecule has 1 fully saturated rings. The average molecular weight is 357 g/mol. The molecule has 132 valence electrons. The fourth-order valence-corrected chi connectivity index (χ4v) is 2.63. The number of carbonyl (C=O) groups is 2. The predicted molar refractivity (Wildman–Crippen MR) is 92.4 cm³/mol. The minimum atomic E-state index is -0.861. The van der Waals surface area contributed by atoms with E-state index >= 15 is 0 Å². The Kier molecular flexibility index (Phi) is 6.81. The van der Waals surface area contributed by atoms with Crippen molar-refractivity contribution < 1.29 is 14.0 Å². The summed E-state index contributed by atoms with van der Waals surface area (Å²) in [5.41, 5.74) is 0.766. The summed E-state index contributed by atoms with van der Waals surface area (Å²) in [5.74, 6) is -0.282. The van der Waals surface area contributed by atoms with Gasteiger partial charge in [-0.3, -0.25) is 4.79 Å². The molecule has 1 saturated heterocycles. The molecule has 0 saturated carbocycles. The number of rotatable bonds is 6. The molecule has 1 aromatic carbocycles. The second-order valence-corrected chi connectivity index (χ2v) is 6.13. The van der Waals surface area contributed by atoms with Crippen LogP contribution in [0.1, 0.15) is 30.1 Å². The van der Waals surface area contributed by atoms with E-state index in [9.17, 15) is 14.0 Å². The Hall–Kier alpha value is -1.86. The van der Waals surface area contributed by atoms with Crippen LogP contribution in [0, 0.1) is 0 Å². The standard InChI is InChI=1S/C16H22ClFN4O2/c1-2-5-19-15(23)13-7-11(3-4-14(13)17)22-16(24)21-9-12-6-10(18)8-20-12/h3-4,7,10,12,20H,2,5-6,8-9H2,1H3,(H,19,23)(H2,21,22,24)/t10-,12-/m0/s1. The number of alkyl halides is 1. The molecule has 8 heteroatoms. The summed E-state index contributed by atoms with van der Waals surface area (Å²) in [6, 6.07) is 4.22. The molecule has 1 aliphatic heterocycles. The number of hydrogen-bond acceptors (Lipinski definition) is 3. The van der Waals surface area contributed by atoms with Crippen LogP contribution >= 0.6 is 11.6 Å². The van der Waals surface area contributed by atoms with E-state index in [1.807, 2.05) is 6.92 Å². The van der Waals surface area contributed by atoms with Crippen molar-refractivity contribution in [1.82, 2.24) is 16.0 Å². The van der Waals surface area contributed by atoms with Crippen LogP contribution in [0.3, 0.4) is 0 Å². The minimum absolute atomic E-state index is 0.0636. The van der Waals surface area contributed by atoms with Crippen molar-refractivity contribution in [1.29, 1.82) is 0 Å². The summed E-state index contributed by atoms with van der Waals surface area (Å²) in [4.78, 5) is 23.9. The average Bonchev–Trinajstić information content (AvgIpc) is 2.98. The van der Waals surface area contributed by atoms with E-state index in [4.69, 9.17) is 11.6 Å². The molecule has 1 heterocycles. The highest BCUT2D eigenvalue weighted by molar-refractivity contribution is 6.34. The van der Waals surface area contributed by atoms with Crippen LogP contribution in [0.25, 0.3) is 0 Å². The monoisotopic (exact) mass is 356 g/mol. The van der Waals surface area contributed by atoms with E-state index in [0.717, 1.165) is 6.42 Å². The van der Waals surface area contributed by atoms with Crippen molar-refractivity contribution in [3.8, 4) is 0 Å². The highest BCUT2D eigenvalue weighted by atomic mass is 35.5. The van der Waals surface area contributed by atoms with Crippen molar-refractivity contribution in [3.63, 3.8) is 0 Å². The molecule has 3 amide bonds. The Balaban J connectivity index is 1.89. The first-order chi connectivity index (χ1) is 11.5. The van der Waals surface area contributed by atoms with Gasteiger partial charge in [-0.05, 0) is 31.0 Å². The largest absolute Gasteiger partial charge is 0.352 e. The third-order valence-corrected chi connectivity index (χ3v) is 4.01. The van der Waals surface area contributed by atoms with E-state index < -0.39 is 12.2 Å². The van der Waals surface area contributed by atoms with E-state index in [2.05, 4.69) is 21.3 Å². The Bertz CT molecular complexity index is 599. The van der Waals surface area contributed by atoms with Gasteiger partial charge in [0, 0.05) is 31.4 Å². The molecule has 0 bridgehead atoms. The molecule has 0 aromatic heterocycles. The van der Waals surface area contributed by atoms with Gasteiger partial charge in [0.1, 0.15) is 6.17 Å². The number of carbonyl (C=O) groups excluding carboxylic acids is 2. The fraction of sp³-hybridized carbons (Fsp3) is 0.500. The highest BCUT2D eigenvalue weighted by Gasteiger charge is 2.23. The van der Waals surface area contributed by atoms with E-state index in [-0.39, 0.29) is 11.9 Å². The molecule has 0 unspecified atom stereocenters. The van der Waals surface area contributed by atoms with Gasteiger partial charge >= 0.3 is 6.03 Å². The number of nitrogens with one attached hydrogen (secondary N) is 4. The summed E-state index contributed by atoms with van der Waals surface area (Å²) in [6.45, 7) is 3.16. The number of benzene rings is 1. The summed E-state index contributed by atoms with van der Waals surface area (Å²) in [7, 11) is 0. The first-order valence-electron chi connectivity index (χ1n) is 7.99. The lowest BCUT2D eigenvalue weighted by Crippen LogP contribution is -2.39. The predicted octanol–water partition coefficient (Wildman–Crippen LogP) is 2.30. The summed E-state index contributed by atoms with van der Waals surface area (Å²) >= 11 is 6.03. The summed E-state index contributed by atoms with van der Waals surface area (Å²) < 4.78 is 13.1. The number of anilines is 1. The molecule has 24 heavy (non-hydrogen) atoms. The molecule has 1 aliphatic rings. The number of hydrogen-bond donors (Lipinski definition) is 4. The van der Waals surface area contributed by atoms with Gasteiger partial charge in [-0.2, -0.15) is 0 Å².